The summed E-state index contributed by atoms with van der Waals surface area (Å²) in [5, 5.41) is 5.73. The predicted molar refractivity (Wildman–Crippen MR) is 73.6 cm³/mol. The van der Waals surface area contributed by atoms with E-state index in [-0.39, 0.29) is 11.7 Å². The molecule has 0 radical (unpaired) electrons. The molecule has 0 saturated heterocycles. The van der Waals surface area contributed by atoms with E-state index in [0.717, 1.165) is 11.3 Å². The molecule has 2 aromatic carbocycles. The van der Waals surface area contributed by atoms with Gasteiger partial charge in [0.2, 0.25) is 0 Å². The molecule has 98 valence electrons. The highest BCUT2D eigenvalue weighted by molar-refractivity contribution is 5.99. The number of hydrogen-bond acceptors (Lipinski definition) is 2. The van der Waals surface area contributed by atoms with Crippen molar-refractivity contribution in [3.8, 4) is 0 Å². The molecule has 2 rings (SSSR count). The summed E-state index contributed by atoms with van der Waals surface area (Å²) in [4.78, 5) is 12.0. The molecule has 0 aliphatic heterocycles. The minimum atomic E-state index is -0.303. The fourth-order valence-electron chi connectivity index (χ4n) is 1.82. The van der Waals surface area contributed by atoms with Crippen molar-refractivity contribution in [1.29, 1.82) is 0 Å². The topological polar surface area (TPSA) is 41.1 Å². The second kappa shape index (κ2) is 6.00. The van der Waals surface area contributed by atoms with E-state index >= 15 is 0 Å². The summed E-state index contributed by atoms with van der Waals surface area (Å²) in [5.74, 6) is -0.489. The molecule has 0 fully saturated rings. The number of carbonyl (C=O) groups excluding carboxylic acids is 1. The van der Waals surface area contributed by atoms with Crippen molar-refractivity contribution in [3.63, 3.8) is 0 Å². The third-order valence-corrected chi connectivity index (χ3v) is 2.78. The largest absolute Gasteiger partial charge is 0.387 e. The third kappa shape index (κ3) is 3.31. The number of amides is 1. The van der Waals surface area contributed by atoms with Crippen LogP contribution in [0.3, 0.4) is 0 Å². The first-order valence-corrected chi connectivity index (χ1v) is 6.00. The van der Waals surface area contributed by atoms with Gasteiger partial charge in [-0.3, -0.25) is 4.79 Å². The SMILES string of the molecule is CNc1ccccc1C(=O)NCc1cccc(F)c1. The summed E-state index contributed by atoms with van der Waals surface area (Å²) in [6.07, 6.45) is 0. The van der Waals surface area contributed by atoms with Crippen LogP contribution in [0.4, 0.5) is 10.1 Å². The minimum absolute atomic E-state index is 0.186. The van der Waals surface area contributed by atoms with Gasteiger partial charge in [-0.2, -0.15) is 0 Å². The molecule has 4 heteroatoms. The van der Waals surface area contributed by atoms with Crippen LogP contribution in [0.2, 0.25) is 0 Å². The maximum Gasteiger partial charge on any atom is 0.253 e. The molecule has 0 atom stereocenters. The normalized spacial score (nSPS) is 10.0. The first kappa shape index (κ1) is 13.1. The van der Waals surface area contributed by atoms with Crippen LogP contribution < -0.4 is 10.6 Å². The van der Waals surface area contributed by atoms with Crippen molar-refractivity contribution in [2.45, 2.75) is 6.54 Å². The third-order valence-electron chi connectivity index (χ3n) is 2.78. The molecule has 2 N–H and O–H groups in total. The van der Waals surface area contributed by atoms with Crippen molar-refractivity contribution in [2.75, 3.05) is 12.4 Å². The number of carbonyl (C=O) groups is 1. The summed E-state index contributed by atoms with van der Waals surface area (Å²) in [6, 6.07) is 13.4. The summed E-state index contributed by atoms with van der Waals surface area (Å²) >= 11 is 0. The van der Waals surface area contributed by atoms with Crippen molar-refractivity contribution in [1.82, 2.24) is 5.32 Å². The Morgan fingerprint density at radius 3 is 2.68 bits per heavy atom. The van der Waals surface area contributed by atoms with Crippen molar-refractivity contribution in [3.05, 3.63) is 65.5 Å². The Morgan fingerprint density at radius 2 is 1.95 bits per heavy atom. The van der Waals surface area contributed by atoms with Gasteiger partial charge in [0, 0.05) is 19.3 Å². The quantitative estimate of drug-likeness (QED) is 0.885. The van der Waals surface area contributed by atoms with Gasteiger partial charge in [-0.1, -0.05) is 24.3 Å². The number of para-hydroxylation sites is 1. The lowest BCUT2D eigenvalue weighted by Crippen LogP contribution is -2.23. The lowest BCUT2D eigenvalue weighted by molar-refractivity contribution is 0.0951. The molecular formula is C15H15FN2O. The van der Waals surface area contributed by atoms with Crippen molar-refractivity contribution in [2.24, 2.45) is 0 Å². The zero-order chi connectivity index (χ0) is 13.7. The smallest absolute Gasteiger partial charge is 0.253 e. The lowest BCUT2D eigenvalue weighted by atomic mass is 10.1. The van der Waals surface area contributed by atoms with Gasteiger partial charge in [-0.15, -0.1) is 0 Å². The van der Waals surface area contributed by atoms with Gasteiger partial charge in [-0.25, -0.2) is 4.39 Å². The first-order valence-electron chi connectivity index (χ1n) is 6.00. The summed E-state index contributed by atoms with van der Waals surface area (Å²) in [7, 11) is 1.76. The van der Waals surface area contributed by atoms with E-state index < -0.39 is 0 Å². The average Bonchev–Trinajstić information content (AvgIpc) is 2.45. The van der Waals surface area contributed by atoms with E-state index in [1.807, 2.05) is 12.1 Å². The molecule has 3 nitrogen and oxygen atoms in total. The van der Waals surface area contributed by atoms with E-state index in [2.05, 4.69) is 10.6 Å². The maximum absolute atomic E-state index is 13.0. The standard InChI is InChI=1S/C15H15FN2O/c1-17-14-8-3-2-7-13(14)15(19)18-10-11-5-4-6-12(16)9-11/h2-9,17H,10H2,1H3,(H,18,19). The van der Waals surface area contributed by atoms with Gasteiger partial charge < -0.3 is 10.6 Å². The molecule has 0 saturated carbocycles. The number of nitrogens with one attached hydrogen (secondary N) is 2. The summed E-state index contributed by atoms with van der Waals surface area (Å²) in [5.41, 5.74) is 2.07. The number of anilines is 1. The first-order chi connectivity index (χ1) is 9.20. The number of halogens is 1. The Bertz CT molecular complexity index is 584. The number of hydrogen-bond donors (Lipinski definition) is 2. The Hall–Kier alpha value is -2.36. The Morgan fingerprint density at radius 1 is 1.16 bits per heavy atom. The molecule has 1 amide bonds. The Balaban J connectivity index is 2.05. The molecule has 0 aliphatic rings. The Kier molecular flexibility index (Phi) is 4.13. The van der Waals surface area contributed by atoms with Crippen LogP contribution in [0.5, 0.6) is 0 Å². The highest BCUT2D eigenvalue weighted by Gasteiger charge is 2.09. The number of rotatable bonds is 4. The number of benzene rings is 2. The van der Waals surface area contributed by atoms with Gasteiger partial charge in [-0.05, 0) is 29.8 Å². The van der Waals surface area contributed by atoms with E-state index in [4.69, 9.17) is 0 Å². The molecular weight excluding hydrogens is 243 g/mol. The van der Waals surface area contributed by atoms with Gasteiger partial charge in [0.1, 0.15) is 5.82 Å². The molecule has 0 spiro atoms. The van der Waals surface area contributed by atoms with Crippen LogP contribution in [0, 0.1) is 5.82 Å². The molecule has 0 heterocycles. The molecule has 0 unspecified atom stereocenters. The van der Waals surface area contributed by atoms with E-state index in [1.165, 1.54) is 12.1 Å². The molecule has 0 bridgehead atoms. The van der Waals surface area contributed by atoms with Crippen LogP contribution in [-0.2, 0) is 6.54 Å². The van der Waals surface area contributed by atoms with Crippen LogP contribution in [-0.4, -0.2) is 13.0 Å². The fourth-order valence-corrected chi connectivity index (χ4v) is 1.82. The van der Waals surface area contributed by atoms with E-state index in [1.54, 1.807) is 31.3 Å². The van der Waals surface area contributed by atoms with Crippen molar-refractivity contribution < 1.29 is 9.18 Å². The van der Waals surface area contributed by atoms with Gasteiger partial charge >= 0.3 is 0 Å². The van der Waals surface area contributed by atoms with Crippen LogP contribution in [0.1, 0.15) is 15.9 Å². The van der Waals surface area contributed by atoms with Crippen LogP contribution >= 0.6 is 0 Å². The zero-order valence-corrected chi connectivity index (χ0v) is 10.6. The Labute approximate surface area is 111 Å². The lowest BCUT2D eigenvalue weighted by Gasteiger charge is -2.09. The van der Waals surface area contributed by atoms with E-state index in [9.17, 15) is 9.18 Å². The summed E-state index contributed by atoms with van der Waals surface area (Å²) in [6.45, 7) is 0.300. The molecule has 0 aliphatic carbocycles. The second-order valence-electron chi connectivity index (χ2n) is 4.11. The molecule has 2 aromatic rings. The zero-order valence-electron chi connectivity index (χ0n) is 10.6. The van der Waals surface area contributed by atoms with Crippen LogP contribution in [0.15, 0.2) is 48.5 Å². The maximum atomic E-state index is 13.0. The second-order valence-corrected chi connectivity index (χ2v) is 4.11. The fraction of sp³-hybridized carbons (Fsp3) is 0.133. The van der Waals surface area contributed by atoms with Gasteiger partial charge in [0.05, 0.1) is 5.56 Å². The molecule has 0 aromatic heterocycles. The highest BCUT2D eigenvalue weighted by Crippen LogP contribution is 2.14. The predicted octanol–water partition coefficient (Wildman–Crippen LogP) is 2.80. The van der Waals surface area contributed by atoms with Crippen LogP contribution in [0.25, 0.3) is 0 Å². The van der Waals surface area contributed by atoms with Crippen molar-refractivity contribution >= 4 is 11.6 Å². The van der Waals surface area contributed by atoms with Gasteiger partial charge in [0.15, 0.2) is 0 Å². The van der Waals surface area contributed by atoms with Gasteiger partial charge in [0.25, 0.3) is 5.91 Å². The monoisotopic (exact) mass is 258 g/mol. The minimum Gasteiger partial charge on any atom is -0.387 e. The molecule has 19 heavy (non-hydrogen) atoms. The summed E-state index contributed by atoms with van der Waals surface area (Å²) < 4.78 is 13.0. The van der Waals surface area contributed by atoms with E-state index in [0.29, 0.717) is 12.1 Å². The highest BCUT2D eigenvalue weighted by atomic mass is 19.1. The average molecular weight is 258 g/mol.